The van der Waals surface area contributed by atoms with Crippen LogP contribution in [0.15, 0.2) is 79.0 Å². The van der Waals surface area contributed by atoms with Crippen molar-refractivity contribution in [3.05, 3.63) is 95.8 Å². The molecular weight excluding hydrogens is 647 g/mol. The zero-order chi connectivity index (χ0) is 35.3. The van der Waals surface area contributed by atoms with Crippen LogP contribution in [0.4, 0.5) is 5.69 Å². The second-order valence-electron chi connectivity index (χ2n) is 14.3. The van der Waals surface area contributed by atoms with Gasteiger partial charge in [0.1, 0.15) is 17.6 Å². The molecule has 3 aromatic carbocycles. The monoisotopic (exact) mass is 697 g/mol. The first-order valence-electron chi connectivity index (χ1n) is 17.8. The van der Waals surface area contributed by atoms with Crippen LogP contribution in [0.1, 0.15) is 55.0 Å². The molecule has 0 spiro atoms. The molecule has 0 radical (unpaired) electrons. The first kappa shape index (κ1) is 35.8. The first-order chi connectivity index (χ1) is 24.2. The number of methoxy groups -OCH3 is 2. The number of carbonyl (C=O) groups excluding carboxylic acids is 1. The van der Waals surface area contributed by atoms with E-state index in [1.165, 1.54) is 5.19 Å². The van der Waals surface area contributed by atoms with Crippen molar-refractivity contribution in [2.24, 2.45) is 11.8 Å². The van der Waals surface area contributed by atoms with Gasteiger partial charge in [0.05, 0.1) is 45.4 Å². The average Bonchev–Trinajstić information content (AvgIpc) is 3.61. The van der Waals surface area contributed by atoms with Crippen LogP contribution in [0.2, 0.25) is 18.6 Å². The van der Waals surface area contributed by atoms with Crippen molar-refractivity contribution in [2.45, 2.75) is 69.5 Å². The SMILES string of the molecule is COc1ccc([Si](C)(C)C(CCn2cc(C(CO)c3ccccc3)nn2)[C@H]2Oc3ccc(NC(=O)C4CCCNC4)cc3[C@@H](OC)[C@@H]2C)cc1. The van der Waals surface area contributed by atoms with Crippen LogP contribution in [-0.4, -0.2) is 74.1 Å². The molecule has 0 saturated carbocycles. The van der Waals surface area contributed by atoms with E-state index in [1.807, 2.05) is 71.5 Å². The Bertz CT molecular complexity index is 1710. The van der Waals surface area contributed by atoms with E-state index < -0.39 is 8.07 Å². The van der Waals surface area contributed by atoms with E-state index in [9.17, 15) is 9.90 Å². The van der Waals surface area contributed by atoms with E-state index in [1.54, 1.807) is 14.2 Å². The summed E-state index contributed by atoms with van der Waals surface area (Å²) in [4.78, 5) is 13.1. The fraction of sp³-hybridized carbons (Fsp3) is 0.462. The van der Waals surface area contributed by atoms with Crippen LogP contribution in [0, 0.1) is 11.8 Å². The Morgan fingerprint density at radius 2 is 1.90 bits per heavy atom. The van der Waals surface area contributed by atoms with Crippen LogP contribution in [0.5, 0.6) is 11.5 Å². The Hall–Kier alpha value is -4.03. The highest BCUT2D eigenvalue weighted by Crippen LogP contribution is 2.48. The normalized spacial score (nSPS) is 21.8. The third kappa shape index (κ3) is 7.66. The molecule has 50 heavy (non-hydrogen) atoms. The second-order valence-corrected chi connectivity index (χ2v) is 19.0. The second kappa shape index (κ2) is 15.9. The van der Waals surface area contributed by atoms with E-state index in [0.29, 0.717) is 13.1 Å². The molecule has 2 aliphatic rings. The predicted molar refractivity (Wildman–Crippen MR) is 198 cm³/mol. The largest absolute Gasteiger partial charge is 0.497 e. The van der Waals surface area contributed by atoms with E-state index in [2.05, 4.69) is 53.1 Å². The third-order valence-electron chi connectivity index (χ3n) is 10.9. The maximum atomic E-state index is 13.1. The van der Waals surface area contributed by atoms with Gasteiger partial charge in [0.25, 0.3) is 0 Å². The van der Waals surface area contributed by atoms with Crippen LogP contribution in [-0.2, 0) is 16.1 Å². The van der Waals surface area contributed by atoms with Gasteiger partial charge in [-0.15, -0.1) is 5.10 Å². The number of piperidine rings is 1. The first-order valence-corrected chi connectivity index (χ1v) is 20.9. The van der Waals surface area contributed by atoms with Gasteiger partial charge in [-0.1, -0.05) is 72.9 Å². The number of rotatable bonds is 13. The molecule has 266 valence electrons. The molecule has 1 saturated heterocycles. The summed E-state index contributed by atoms with van der Waals surface area (Å²) in [6.07, 6.45) is 4.33. The molecule has 6 atom stereocenters. The molecule has 10 nitrogen and oxygen atoms in total. The van der Waals surface area contributed by atoms with Crippen LogP contribution in [0.3, 0.4) is 0 Å². The standard InChI is InChI=1S/C39H51N5O5Si/c1-26-37(48-3)32-22-29(41-39(46)28-12-9-20-40-23-28)13-18-35(32)49-38(26)36(50(4,5)31-16-14-30(47-2)15-17-31)19-21-44-24-34(42-43-44)33(25-45)27-10-7-6-8-11-27/h6-8,10-11,13-18,22,24,26,28,33,36-38,40,45H,9,12,19-21,23,25H2,1-5H3,(H,41,46)/t26-,28?,33?,36?,37-,38-/m0/s1. The van der Waals surface area contributed by atoms with Gasteiger partial charge >= 0.3 is 0 Å². The van der Waals surface area contributed by atoms with Crippen LogP contribution < -0.4 is 25.3 Å². The summed E-state index contributed by atoms with van der Waals surface area (Å²) in [5.74, 6) is 1.43. The summed E-state index contributed by atoms with van der Waals surface area (Å²) in [6.45, 7) is 9.31. The van der Waals surface area contributed by atoms with Crippen molar-refractivity contribution in [3.63, 3.8) is 0 Å². The third-order valence-corrected chi connectivity index (χ3v) is 15.2. The van der Waals surface area contributed by atoms with Crippen molar-refractivity contribution in [1.29, 1.82) is 0 Å². The Morgan fingerprint density at radius 3 is 2.58 bits per heavy atom. The van der Waals surface area contributed by atoms with Gasteiger partial charge in [0.15, 0.2) is 0 Å². The lowest BCUT2D eigenvalue weighted by atomic mass is 9.86. The maximum absolute atomic E-state index is 13.1. The average molecular weight is 698 g/mol. The molecule has 1 amide bonds. The lowest BCUT2D eigenvalue weighted by Gasteiger charge is -2.46. The van der Waals surface area contributed by atoms with Gasteiger partial charge in [0.2, 0.25) is 5.91 Å². The molecule has 3 N–H and O–H groups in total. The lowest BCUT2D eigenvalue weighted by molar-refractivity contribution is -0.120. The number of hydrogen-bond donors (Lipinski definition) is 3. The molecule has 1 fully saturated rings. The number of aliphatic hydroxyl groups is 1. The number of aliphatic hydroxyl groups excluding tert-OH is 1. The Kier molecular flexibility index (Phi) is 11.4. The van der Waals surface area contributed by atoms with Crippen molar-refractivity contribution in [3.8, 4) is 11.5 Å². The summed E-state index contributed by atoms with van der Waals surface area (Å²) in [7, 11) is 1.23. The Morgan fingerprint density at radius 1 is 1.12 bits per heavy atom. The van der Waals surface area contributed by atoms with E-state index in [4.69, 9.17) is 14.2 Å². The zero-order valence-electron chi connectivity index (χ0n) is 29.8. The van der Waals surface area contributed by atoms with Crippen molar-refractivity contribution in [1.82, 2.24) is 20.3 Å². The number of aromatic nitrogens is 3. The number of nitrogens with zero attached hydrogens (tertiary/aromatic N) is 3. The summed E-state index contributed by atoms with van der Waals surface area (Å²) in [5.41, 5.74) is 3.65. The summed E-state index contributed by atoms with van der Waals surface area (Å²) in [5, 5.41) is 27.0. The highest BCUT2D eigenvalue weighted by molar-refractivity contribution is 6.91. The number of nitrogens with one attached hydrogen (secondary N) is 2. The number of ether oxygens (including phenoxy) is 3. The summed E-state index contributed by atoms with van der Waals surface area (Å²) >= 11 is 0. The Labute approximate surface area is 296 Å². The van der Waals surface area contributed by atoms with Crippen LogP contribution >= 0.6 is 0 Å². The summed E-state index contributed by atoms with van der Waals surface area (Å²) in [6, 6.07) is 24.4. The van der Waals surface area contributed by atoms with Crippen molar-refractivity contribution in [2.75, 3.05) is 39.2 Å². The van der Waals surface area contributed by atoms with Gasteiger partial charge in [-0.25, -0.2) is 0 Å². The Balaban J connectivity index is 1.28. The quantitative estimate of drug-likeness (QED) is 0.157. The molecule has 0 aliphatic carbocycles. The molecule has 11 heteroatoms. The maximum Gasteiger partial charge on any atom is 0.228 e. The molecule has 1 aromatic heterocycles. The molecule has 3 heterocycles. The molecule has 0 bridgehead atoms. The van der Waals surface area contributed by atoms with Gasteiger partial charge in [0, 0.05) is 43.6 Å². The molecule has 2 aliphatic heterocycles. The summed E-state index contributed by atoms with van der Waals surface area (Å²) < 4.78 is 20.6. The van der Waals surface area contributed by atoms with E-state index >= 15 is 0 Å². The number of hydrogen-bond acceptors (Lipinski definition) is 8. The minimum absolute atomic E-state index is 0.0270. The zero-order valence-corrected chi connectivity index (χ0v) is 30.8. The number of aryl methyl sites for hydroxylation is 1. The number of carbonyl (C=O) groups is 1. The van der Waals surface area contributed by atoms with Crippen LogP contribution in [0.25, 0.3) is 0 Å². The molecular formula is C39H51N5O5Si. The number of amides is 1. The minimum atomic E-state index is -2.22. The van der Waals surface area contributed by atoms with Crippen molar-refractivity contribution < 1.29 is 24.1 Å². The van der Waals surface area contributed by atoms with E-state index in [-0.39, 0.29) is 48.0 Å². The minimum Gasteiger partial charge on any atom is -0.497 e. The molecule has 4 aromatic rings. The molecule has 6 rings (SSSR count). The fourth-order valence-corrected chi connectivity index (χ4v) is 11.4. The van der Waals surface area contributed by atoms with Gasteiger partial charge in [-0.2, -0.15) is 0 Å². The van der Waals surface area contributed by atoms with Gasteiger partial charge in [-0.05, 0) is 67.2 Å². The topological polar surface area (TPSA) is 120 Å². The van der Waals surface area contributed by atoms with Gasteiger partial charge in [-0.3, -0.25) is 9.48 Å². The highest BCUT2D eigenvalue weighted by atomic mass is 28.3. The van der Waals surface area contributed by atoms with Gasteiger partial charge < -0.3 is 30.0 Å². The van der Waals surface area contributed by atoms with Crippen molar-refractivity contribution >= 4 is 24.9 Å². The number of fused-ring (bicyclic) bond motifs is 1. The molecule has 3 unspecified atom stereocenters. The predicted octanol–water partition coefficient (Wildman–Crippen LogP) is 5.51. The number of anilines is 1. The van der Waals surface area contributed by atoms with E-state index in [0.717, 1.165) is 59.8 Å². The fourth-order valence-electron chi connectivity index (χ4n) is 7.85. The number of benzene rings is 3. The lowest BCUT2D eigenvalue weighted by Crippen LogP contribution is -2.54. The smallest absolute Gasteiger partial charge is 0.228 e. The highest BCUT2D eigenvalue weighted by Gasteiger charge is 2.47.